The summed E-state index contributed by atoms with van der Waals surface area (Å²) >= 11 is 0. The van der Waals surface area contributed by atoms with Gasteiger partial charge in [-0.1, -0.05) is 195 Å². The molecular weight excluding hydrogens is 737 g/mol. The monoisotopic (exact) mass is 775 g/mol. The van der Waals surface area contributed by atoms with E-state index in [1.54, 1.807) is 0 Å². The van der Waals surface area contributed by atoms with E-state index >= 15 is 0 Å². The molecule has 0 aliphatic rings. The van der Waals surface area contributed by atoms with E-state index in [-0.39, 0.29) is 21.1 Å². The maximum atomic E-state index is 3.48. The Bertz CT molecular complexity index is 1240. The minimum absolute atomic E-state index is 0. The van der Waals surface area contributed by atoms with Gasteiger partial charge >= 0.3 is 0 Å². The molecule has 0 saturated carbocycles. The van der Waals surface area contributed by atoms with Crippen LogP contribution in [0.15, 0.2) is 195 Å². The van der Waals surface area contributed by atoms with Crippen LogP contribution in [-0.2, 0) is 21.1 Å². The summed E-state index contributed by atoms with van der Waals surface area (Å²) in [4.78, 5) is 0. The Morgan fingerprint density at radius 1 is 0.372 bits per heavy atom. The second-order valence-corrected chi connectivity index (χ2v) is 13.8. The van der Waals surface area contributed by atoms with Crippen molar-refractivity contribution < 1.29 is 21.1 Å². The van der Waals surface area contributed by atoms with Crippen molar-refractivity contribution in [2.45, 2.75) is 13.3 Å². The number of benzene rings is 6. The maximum Gasteiger partial charge on any atom is 0 e. The Labute approximate surface area is 275 Å². The quantitative estimate of drug-likeness (QED) is 0.113. The molecule has 6 rings (SSSR count). The molecule has 0 saturated heterocycles. The van der Waals surface area contributed by atoms with Crippen LogP contribution in [0.2, 0.25) is 0 Å². The largest absolute Gasteiger partial charge is 0.103 e. The Morgan fingerprint density at radius 2 is 0.512 bits per heavy atom. The third-order valence-electron chi connectivity index (χ3n) is 6.38. The van der Waals surface area contributed by atoms with Gasteiger partial charge in [-0.05, 0) is 54.1 Å². The van der Waals surface area contributed by atoms with E-state index in [1.165, 1.54) is 31.8 Å². The van der Waals surface area contributed by atoms with Crippen LogP contribution in [0.3, 0.4) is 0 Å². The fourth-order valence-corrected chi connectivity index (χ4v) is 8.97. The van der Waals surface area contributed by atoms with Crippen molar-refractivity contribution in [3.05, 3.63) is 195 Å². The molecule has 0 spiro atoms. The van der Waals surface area contributed by atoms with E-state index in [0.717, 1.165) is 6.42 Å². The second kappa shape index (κ2) is 19.7. The van der Waals surface area contributed by atoms with Crippen LogP contribution in [0, 0.1) is 0 Å². The third-order valence-corrected chi connectivity index (χ3v) is 11.3. The van der Waals surface area contributed by atoms with Crippen molar-refractivity contribution in [1.29, 1.82) is 0 Å². The molecule has 0 aromatic heterocycles. The molecule has 0 radical (unpaired) electrons. The average molecular weight is 776 g/mol. The molecule has 0 bridgehead atoms. The zero-order valence-electron chi connectivity index (χ0n) is 24.5. The van der Waals surface area contributed by atoms with Gasteiger partial charge in [-0.2, -0.15) is 0 Å². The van der Waals surface area contributed by atoms with Crippen LogP contribution in [0.5, 0.6) is 0 Å². The van der Waals surface area contributed by atoms with Gasteiger partial charge in [0.2, 0.25) is 0 Å². The zero-order valence-corrected chi connectivity index (χ0v) is 28.6. The summed E-state index contributed by atoms with van der Waals surface area (Å²) < 4.78 is 0. The molecule has 0 nitrogen and oxygen atoms in total. The predicted octanol–water partition coefficient (Wildman–Crippen LogP) is 8.47. The van der Waals surface area contributed by atoms with Crippen molar-refractivity contribution in [3.63, 3.8) is 0 Å². The smallest absolute Gasteiger partial charge is 0 e. The molecule has 6 aromatic carbocycles. The summed E-state index contributed by atoms with van der Waals surface area (Å²) in [5, 5.41) is 8.39. The standard InChI is InChI=1S/2C18H15P.C4H8.Pt/c2*1-4-10-16(11-5-1)19(17-12-6-2-7-13-17)18-14-8-3-9-15-18;1-3-4-2;/h2*1-15H;3H,1,4H2,2H3;. The van der Waals surface area contributed by atoms with Crippen LogP contribution in [0.25, 0.3) is 0 Å². The van der Waals surface area contributed by atoms with Gasteiger partial charge < -0.3 is 0 Å². The van der Waals surface area contributed by atoms with Gasteiger partial charge in [0.25, 0.3) is 0 Å². The molecule has 0 amide bonds. The van der Waals surface area contributed by atoms with Gasteiger partial charge in [-0.3, -0.25) is 0 Å². The minimum Gasteiger partial charge on any atom is -0.103 e. The first-order chi connectivity index (χ1) is 20.8. The summed E-state index contributed by atoms with van der Waals surface area (Å²) in [6.45, 7) is 5.54. The van der Waals surface area contributed by atoms with E-state index in [0.29, 0.717) is 0 Å². The van der Waals surface area contributed by atoms with E-state index in [2.05, 4.69) is 195 Å². The second-order valence-electron chi connectivity index (χ2n) is 9.38. The van der Waals surface area contributed by atoms with Crippen molar-refractivity contribution in [3.8, 4) is 0 Å². The third kappa shape index (κ3) is 10.7. The average Bonchev–Trinajstić information content (AvgIpc) is 3.08. The molecule has 0 heterocycles. The molecule has 0 atom stereocenters. The number of hydrogen-bond donors (Lipinski definition) is 0. The Hall–Kier alpha value is -3.39. The normalized spacial score (nSPS) is 9.93. The molecule has 218 valence electrons. The molecule has 43 heavy (non-hydrogen) atoms. The summed E-state index contributed by atoms with van der Waals surface area (Å²) in [5.74, 6) is 0. The van der Waals surface area contributed by atoms with E-state index in [9.17, 15) is 0 Å². The number of hydrogen-bond acceptors (Lipinski definition) is 0. The molecule has 0 fully saturated rings. The molecule has 0 unspecified atom stereocenters. The summed E-state index contributed by atoms with van der Waals surface area (Å²) in [6.07, 6.45) is 2.96. The summed E-state index contributed by atoms with van der Waals surface area (Å²) in [7, 11) is -0.892. The zero-order chi connectivity index (χ0) is 29.2. The fraction of sp³-hybridized carbons (Fsp3) is 0.0500. The predicted molar refractivity (Wildman–Crippen MR) is 191 cm³/mol. The van der Waals surface area contributed by atoms with Gasteiger partial charge in [0.15, 0.2) is 0 Å². The first kappa shape index (κ1) is 34.1. The fourth-order valence-electron chi connectivity index (χ4n) is 4.36. The Kier molecular flexibility index (Phi) is 15.6. The summed E-state index contributed by atoms with van der Waals surface area (Å²) in [5.41, 5.74) is 0. The minimum atomic E-state index is -0.446. The molecule has 0 aliphatic carbocycles. The first-order valence-electron chi connectivity index (χ1n) is 14.3. The van der Waals surface area contributed by atoms with Crippen LogP contribution in [-0.4, -0.2) is 0 Å². The van der Waals surface area contributed by atoms with Crippen molar-refractivity contribution >= 4 is 47.7 Å². The number of rotatable bonds is 7. The van der Waals surface area contributed by atoms with Gasteiger partial charge in [-0.15, -0.1) is 6.58 Å². The van der Waals surface area contributed by atoms with Crippen LogP contribution in [0.4, 0.5) is 0 Å². The van der Waals surface area contributed by atoms with Crippen LogP contribution in [0.1, 0.15) is 13.3 Å². The molecule has 0 aliphatic heterocycles. The van der Waals surface area contributed by atoms with Crippen molar-refractivity contribution in [2.75, 3.05) is 0 Å². The molecule has 6 aromatic rings. The van der Waals surface area contributed by atoms with Crippen molar-refractivity contribution in [1.82, 2.24) is 0 Å². The van der Waals surface area contributed by atoms with E-state index < -0.39 is 15.8 Å². The first-order valence-corrected chi connectivity index (χ1v) is 17.0. The van der Waals surface area contributed by atoms with Gasteiger partial charge in [0.05, 0.1) is 0 Å². The molecule has 3 heteroatoms. The van der Waals surface area contributed by atoms with E-state index in [1.807, 2.05) is 6.08 Å². The SMILES string of the molecule is C=CCC.[Pt].c1ccc(P(c2ccccc2)c2ccccc2)cc1.c1ccc(P(c2ccccc2)c2ccccc2)cc1. The van der Waals surface area contributed by atoms with Crippen LogP contribution >= 0.6 is 15.8 Å². The van der Waals surface area contributed by atoms with Crippen molar-refractivity contribution in [2.24, 2.45) is 0 Å². The molecule has 0 N–H and O–H groups in total. The topological polar surface area (TPSA) is 0 Å². The van der Waals surface area contributed by atoms with Gasteiger partial charge in [0, 0.05) is 21.1 Å². The summed E-state index contributed by atoms with van der Waals surface area (Å²) in [6, 6.07) is 64.7. The van der Waals surface area contributed by atoms with Gasteiger partial charge in [-0.25, -0.2) is 0 Å². The van der Waals surface area contributed by atoms with E-state index in [4.69, 9.17) is 0 Å². The maximum absolute atomic E-state index is 3.48. The van der Waals surface area contributed by atoms with Gasteiger partial charge in [0.1, 0.15) is 0 Å². The Morgan fingerprint density at radius 3 is 0.628 bits per heavy atom. The molecular formula is C40H38P2Pt. The Balaban J connectivity index is 0.000000206. The van der Waals surface area contributed by atoms with Crippen LogP contribution < -0.4 is 31.8 Å². The number of allylic oxidation sites excluding steroid dienone is 1.